The van der Waals surface area contributed by atoms with Crippen molar-refractivity contribution in [3.05, 3.63) is 53.7 Å². The second kappa shape index (κ2) is 15.6. The number of fused-ring (bicyclic) bond motifs is 1. The molecule has 3 aromatic rings. The zero-order chi connectivity index (χ0) is 32.4. The third-order valence-electron chi connectivity index (χ3n) is 7.68. The van der Waals surface area contributed by atoms with Crippen LogP contribution in [-0.2, 0) is 16.1 Å². The van der Waals surface area contributed by atoms with Crippen molar-refractivity contribution >= 4 is 34.2 Å². The Morgan fingerprint density at radius 1 is 1.09 bits per heavy atom. The van der Waals surface area contributed by atoms with Crippen LogP contribution in [0.5, 0.6) is 5.75 Å². The highest BCUT2D eigenvalue weighted by Gasteiger charge is 2.30. The van der Waals surface area contributed by atoms with Crippen molar-refractivity contribution in [3.63, 3.8) is 0 Å². The number of ether oxygens (including phenoxy) is 2. The maximum Gasteiger partial charge on any atom is 0.406 e. The molecule has 1 aliphatic heterocycles. The summed E-state index contributed by atoms with van der Waals surface area (Å²) in [7, 11) is 3.02. The molecule has 1 aromatic heterocycles. The van der Waals surface area contributed by atoms with Crippen LogP contribution < -0.4 is 20.7 Å². The van der Waals surface area contributed by atoms with E-state index >= 15 is 0 Å². The average molecular weight is 628 g/mol. The van der Waals surface area contributed by atoms with Gasteiger partial charge in [-0.3, -0.25) is 9.59 Å². The maximum absolute atomic E-state index is 13.6. The molecule has 2 heterocycles. The molecule has 0 spiro atoms. The van der Waals surface area contributed by atoms with Crippen LogP contribution in [0.4, 0.5) is 24.5 Å². The SMILES string of the molecule is CCC(=O)OCCCN1CCC(Nc2cccc3c2cc(C#CCNc2ccc(C(=O)NC)cc2OC)n3CC(F)(F)F)CC1. The van der Waals surface area contributed by atoms with E-state index in [2.05, 4.69) is 32.7 Å². The summed E-state index contributed by atoms with van der Waals surface area (Å²) in [6, 6.07) is 12.2. The highest BCUT2D eigenvalue weighted by molar-refractivity contribution is 5.95. The average Bonchev–Trinajstić information content (AvgIpc) is 3.38. The number of likely N-dealkylation sites (tertiary alicyclic amines) is 1. The van der Waals surface area contributed by atoms with Gasteiger partial charge in [0.25, 0.3) is 5.91 Å². The lowest BCUT2D eigenvalue weighted by molar-refractivity contribution is -0.143. The predicted molar refractivity (Wildman–Crippen MR) is 169 cm³/mol. The number of methoxy groups -OCH3 is 1. The normalized spacial score (nSPS) is 14.0. The van der Waals surface area contributed by atoms with E-state index in [4.69, 9.17) is 9.47 Å². The highest BCUT2D eigenvalue weighted by atomic mass is 19.4. The number of carbonyl (C=O) groups excluding carboxylic acids is 2. The van der Waals surface area contributed by atoms with E-state index in [0.717, 1.165) is 44.6 Å². The lowest BCUT2D eigenvalue weighted by atomic mass is 10.0. The molecule has 0 saturated carbocycles. The molecular weight excluding hydrogens is 587 g/mol. The molecule has 1 amide bonds. The first-order chi connectivity index (χ1) is 21.6. The Morgan fingerprint density at radius 3 is 2.56 bits per heavy atom. The Kier molecular flexibility index (Phi) is 11.6. The summed E-state index contributed by atoms with van der Waals surface area (Å²) in [6.07, 6.45) is -1.49. The summed E-state index contributed by atoms with van der Waals surface area (Å²) in [5.41, 5.74) is 2.54. The lowest BCUT2D eigenvalue weighted by Gasteiger charge is -2.33. The summed E-state index contributed by atoms with van der Waals surface area (Å²) in [6.45, 7) is 3.80. The van der Waals surface area contributed by atoms with Gasteiger partial charge in [-0.05, 0) is 61.6 Å². The summed E-state index contributed by atoms with van der Waals surface area (Å²) in [4.78, 5) is 25.6. The van der Waals surface area contributed by atoms with Crippen LogP contribution in [0.25, 0.3) is 10.9 Å². The van der Waals surface area contributed by atoms with Gasteiger partial charge in [0.15, 0.2) is 0 Å². The fourth-order valence-electron chi connectivity index (χ4n) is 5.36. The van der Waals surface area contributed by atoms with Crippen LogP contribution in [-0.4, -0.2) is 80.5 Å². The first-order valence-corrected chi connectivity index (χ1v) is 15.1. The van der Waals surface area contributed by atoms with Crippen LogP contribution in [0.1, 0.15) is 48.7 Å². The van der Waals surface area contributed by atoms with Crippen molar-refractivity contribution in [1.29, 1.82) is 0 Å². The Labute approximate surface area is 261 Å². The summed E-state index contributed by atoms with van der Waals surface area (Å²) in [5, 5.41) is 9.92. The van der Waals surface area contributed by atoms with Crippen LogP contribution in [0.3, 0.4) is 0 Å². The largest absolute Gasteiger partial charge is 0.495 e. The highest BCUT2D eigenvalue weighted by Crippen LogP contribution is 2.31. The predicted octanol–water partition coefficient (Wildman–Crippen LogP) is 5.26. The third kappa shape index (κ3) is 9.31. The number of piperidine rings is 1. The number of esters is 1. The number of carbonyl (C=O) groups is 2. The smallest absolute Gasteiger partial charge is 0.406 e. The number of aromatic nitrogens is 1. The molecule has 1 fully saturated rings. The molecule has 1 saturated heterocycles. The molecule has 45 heavy (non-hydrogen) atoms. The first-order valence-electron chi connectivity index (χ1n) is 15.1. The van der Waals surface area contributed by atoms with E-state index in [1.165, 1.54) is 18.7 Å². The van der Waals surface area contributed by atoms with Crippen LogP contribution in [0, 0.1) is 11.8 Å². The van der Waals surface area contributed by atoms with Crippen molar-refractivity contribution in [3.8, 4) is 17.6 Å². The van der Waals surface area contributed by atoms with Gasteiger partial charge in [-0.1, -0.05) is 18.9 Å². The summed E-state index contributed by atoms with van der Waals surface area (Å²) >= 11 is 0. The number of amides is 1. The van der Waals surface area contributed by atoms with Gasteiger partial charge in [0.05, 0.1) is 37.2 Å². The van der Waals surface area contributed by atoms with Crippen molar-refractivity contribution in [2.45, 2.75) is 51.4 Å². The minimum Gasteiger partial charge on any atom is -0.495 e. The molecule has 0 radical (unpaired) electrons. The molecule has 242 valence electrons. The second-order valence-corrected chi connectivity index (χ2v) is 10.8. The minimum atomic E-state index is -4.42. The lowest BCUT2D eigenvalue weighted by Crippen LogP contribution is -2.39. The van der Waals surface area contributed by atoms with Crippen molar-refractivity contribution in [1.82, 2.24) is 14.8 Å². The number of nitrogens with zero attached hydrogens (tertiary/aromatic N) is 2. The molecule has 0 atom stereocenters. The molecule has 0 unspecified atom stereocenters. The number of hydrogen-bond donors (Lipinski definition) is 3. The van der Waals surface area contributed by atoms with Gasteiger partial charge in [0, 0.05) is 55.8 Å². The van der Waals surface area contributed by atoms with Crippen LogP contribution in [0.2, 0.25) is 0 Å². The number of hydrogen-bond acceptors (Lipinski definition) is 7. The van der Waals surface area contributed by atoms with Gasteiger partial charge in [0.1, 0.15) is 12.3 Å². The Morgan fingerprint density at radius 2 is 1.87 bits per heavy atom. The monoisotopic (exact) mass is 627 g/mol. The zero-order valence-electron chi connectivity index (χ0n) is 25.9. The van der Waals surface area contributed by atoms with Crippen molar-refractivity contribution in [2.75, 3.05) is 57.6 Å². The molecule has 0 bridgehead atoms. The minimum absolute atomic E-state index is 0.147. The summed E-state index contributed by atoms with van der Waals surface area (Å²) < 4.78 is 52.7. The van der Waals surface area contributed by atoms with Crippen molar-refractivity contribution < 1.29 is 32.2 Å². The Balaban J connectivity index is 1.45. The Hall–Kier alpha value is -4.37. The number of rotatable bonds is 12. The fourth-order valence-corrected chi connectivity index (χ4v) is 5.36. The number of nitrogens with one attached hydrogen (secondary N) is 3. The molecule has 2 aromatic carbocycles. The first kappa shape index (κ1) is 33.5. The molecular formula is C33H40F3N5O4. The van der Waals surface area contributed by atoms with E-state index in [9.17, 15) is 22.8 Å². The molecule has 0 aliphatic carbocycles. The van der Waals surface area contributed by atoms with Crippen LogP contribution in [0.15, 0.2) is 42.5 Å². The van der Waals surface area contributed by atoms with E-state index in [1.807, 2.05) is 6.07 Å². The van der Waals surface area contributed by atoms with Gasteiger partial charge < -0.3 is 34.9 Å². The van der Waals surface area contributed by atoms with Crippen LogP contribution >= 0.6 is 0 Å². The fraction of sp³-hybridized carbons (Fsp3) is 0.455. The summed E-state index contributed by atoms with van der Waals surface area (Å²) in [5.74, 6) is 5.87. The van der Waals surface area contributed by atoms with Gasteiger partial charge in [-0.25, -0.2) is 0 Å². The van der Waals surface area contributed by atoms with E-state index < -0.39 is 12.7 Å². The van der Waals surface area contributed by atoms with E-state index in [-0.39, 0.29) is 30.2 Å². The van der Waals surface area contributed by atoms with E-state index in [1.54, 1.807) is 43.3 Å². The number of halogens is 3. The molecule has 1 aliphatic rings. The molecule has 4 rings (SSSR count). The van der Waals surface area contributed by atoms with Gasteiger partial charge in [-0.15, -0.1) is 0 Å². The zero-order valence-corrected chi connectivity index (χ0v) is 25.9. The van der Waals surface area contributed by atoms with E-state index in [0.29, 0.717) is 40.9 Å². The topological polar surface area (TPSA) is 96.9 Å². The van der Waals surface area contributed by atoms with Crippen molar-refractivity contribution in [2.24, 2.45) is 0 Å². The quantitative estimate of drug-likeness (QED) is 0.143. The van der Waals surface area contributed by atoms with Gasteiger partial charge in [-0.2, -0.15) is 13.2 Å². The molecule has 3 N–H and O–H groups in total. The number of benzene rings is 2. The number of alkyl halides is 3. The number of anilines is 2. The third-order valence-corrected chi connectivity index (χ3v) is 7.68. The van der Waals surface area contributed by atoms with Gasteiger partial charge >= 0.3 is 12.1 Å². The molecule has 9 nitrogen and oxygen atoms in total. The standard InChI is InChI=1S/C33H40F3N5O4/c1-4-31(42)45-19-7-16-40-17-13-24(14-18-40)39-27-9-5-10-29-26(27)21-25(41(29)22-33(34,35)36)8-6-15-38-28-12-11-23(32(43)37-2)20-30(28)44-3/h5,9-12,20-21,24,38-39H,4,7,13-19,22H2,1-3H3,(H,37,43). The van der Waals surface area contributed by atoms with Gasteiger partial charge in [0.2, 0.25) is 0 Å². The second-order valence-electron chi connectivity index (χ2n) is 10.8. The maximum atomic E-state index is 13.6. The Bertz CT molecular complexity index is 1530. The molecule has 12 heteroatoms.